The van der Waals surface area contributed by atoms with Crippen molar-refractivity contribution in [2.24, 2.45) is 4.99 Å². The molecule has 5 nitrogen and oxygen atoms in total. The van der Waals surface area contributed by atoms with E-state index in [1.165, 1.54) is 17.5 Å². The first-order chi connectivity index (χ1) is 13.9. The topological polar surface area (TPSA) is 67.8 Å². The number of nitrogens with zero attached hydrogens (tertiary/aromatic N) is 1. The summed E-state index contributed by atoms with van der Waals surface area (Å²) in [6, 6.07) is 14.3. The fourth-order valence-electron chi connectivity index (χ4n) is 4.22. The SMILES string of the molecule is CS(=O)(=O)NCCOc1ccc2c(c1)C(C1(c3ccc(Cl)cc3)CCC1)=NCC2. The normalized spacial score (nSPS) is 17.8. The van der Waals surface area contributed by atoms with E-state index in [0.29, 0.717) is 0 Å². The molecule has 2 aromatic carbocycles. The quantitative estimate of drug-likeness (QED) is 0.678. The van der Waals surface area contributed by atoms with E-state index >= 15 is 0 Å². The Hall–Kier alpha value is -1.89. The van der Waals surface area contributed by atoms with Gasteiger partial charge >= 0.3 is 0 Å². The van der Waals surface area contributed by atoms with Gasteiger partial charge in [-0.2, -0.15) is 0 Å². The van der Waals surface area contributed by atoms with Gasteiger partial charge in [0, 0.05) is 29.1 Å². The molecular weight excluding hydrogens is 408 g/mol. The molecule has 1 fully saturated rings. The van der Waals surface area contributed by atoms with Crippen LogP contribution in [0.4, 0.5) is 0 Å². The minimum atomic E-state index is -3.21. The average molecular weight is 433 g/mol. The summed E-state index contributed by atoms with van der Waals surface area (Å²) in [5.41, 5.74) is 4.79. The molecule has 1 heterocycles. The van der Waals surface area contributed by atoms with Crippen LogP contribution >= 0.6 is 11.6 Å². The second kappa shape index (κ2) is 8.09. The van der Waals surface area contributed by atoms with E-state index in [9.17, 15) is 8.42 Å². The van der Waals surface area contributed by atoms with Crippen LogP contribution in [0.2, 0.25) is 5.02 Å². The highest BCUT2D eigenvalue weighted by Crippen LogP contribution is 2.48. The van der Waals surface area contributed by atoms with Crippen LogP contribution in [0.25, 0.3) is 0 Å². The van der Waals surface area contributed by atoms with Gasteiger partial charge in [0.15, 0.2) is 0 Å². The fraction of sp³-hybridized carbons (Fsp3) is 0.409. The maximum absolute atomic E-state index is 11.2. The van der Waals surface area contributed by atoms with Crippen LogP contribution in [-0.4, -0.2) is 40.1 Å². The molecule has 1 aliphatic carbocycles. The summed E-state index contributed by atoms with van der Waals surface area (Å²) < 4.78 is 30.6. The van der Waals surface area contributed by atoms with Gasteiger partial charge in [0.2, 0.25) is 10.0 Å². The highest BCUT2D eigenvalue weighted by atomic mass is 35.5. The molecule has 0 saturated heterocycles. The molecule has 7 heteroatoms. The van der Waals surface area contributed by atoms with E-state index in [1.807, 2.05) is 18.2 Å². The second-order valence-electron chi connectivity index (χ2n) is 7.76. The summed E-state index contributed by atoms with van der Waals surface area (Å²) in [6.45, 7) is 1.32. The summed E-state index contributed by atoms with van der Waals surface area (Å²) in [5.74, 6) is 0.735. The van der Waals surface area contributed by atoms with Gasteiger partial charge in [0.25, 0.3) is 0 Å². The van der Waals surface area contributed by atoms with E-state index in [-0.39, 0.29) is 18.6 Å². The van der Waals surface area contributed by atoms with Crippen LogP contribution in [-0.2, 0) is 21.9 Å². The zero-order chi connectivity index (χ0) is 20.5. The third-order valence-electron chi connectivity index (χ3n) is 5.78. The van der Waals surface area contributed by atoms with Crippen molar-refractivity contribution in [3.05, 3.63) is 64.2 Å². The third-order valence-corrected chi connectivity index (χ3v) is 6.76. The van der Waals surface area contributed by atoms with Crippen molar-refractivity contribution in [2.45, 2.75) is 31.1 Å². The molecule has 0 atom stereocenters. The van der Waals surface area contributed by atoms with Crippen molar-refractivity contribution in [3.63, 3.8) is 0 Å². The number of aliphatic imine (C=N–C) groups is 1. The predicted molar refractivity (Wildman–Crippen MR) is 117 cm³/mol. The smallest absolute Gasteiger partial charge is 0.208 e. The van der Waals surface area contributed by atoms with Crippen molar-refractivity contribution >= 4 is 27.3 Å². The lowest BCUT2D eigenvalue weighted by atomic mass is 9.59. The lowest BCUT2D eigenvalue weighted by Gasteiger charge is -2.45. The number of hydrogen-bond acceptors (Lipinski definition) is 4. The predicted octanol–water partition coefficient (Wildman–Crippen LogP) is 3.74. The van der Waals surface area contributed by atoms with E-state index < -0.39 is 10.0 Å². The lowest BCUT2D eigenvalue weighted by Crippen LogP contribution is -2.44. The van der Waals surface area contributed by atoms with Gasteiger partial charge in [-0.1, -0.05) is 36.2 Å². The first-order valence-electron chi connectivity index (χ1n) is 9.89. The Morgan fingerprint density at radius 3 is 2.59 bits per heavy atom. The molecule has 1 saturated carbocycles. The number of halogens is 1. The molecular formula is C22H25ClN2O3S. The minimum Gasteiger partial charge on any atom is -0.492 e. The zero-order valence-corrected chi connectivity index (χ0v) is 18.0. The standard InChI is InChI=1S/C22H25ClN2O3S/c1-29(26,27)25-13-14-28-19-8-3-16-9-12-24-21(20(16)15-19)22(10-2-11-22)17-4-6-18(23)7-5-17/h3-8,15,25H,2,9-14H2,1H3. The molecule has 0 amide bonds. The second-order valence-corrected chi connectivity index (χ2v) is 10.0. The molecule has 29 heavy (non-hydrogen) atoms. The van der Waals surface area contributed by atoms with Gasteiger partial charge in [0.05, 0.1) is 12.0 Å². The highest BCUT2D eigenvalue weighted by molar-refractivity contribution is 7.88. The molecule has 0 radical (unpaired) electrons. The Labute approximate surface area is 177 Å². The Kier molecular flexibility index (Phi) is 5.69. The number of sulfonamides is 1. The summed E-state index contributed by atoms with van der Waals surface area (Å²) >= 11 is 6.11. The van der Waals surface area contributed by atoms with Gasteiger partial charge in [-0.15, -0.1) is 0 Å². The molecule has 1 N–H and O–H groups in total. The van der Waals surface area contributed by atoms with Crippen molar-refractivity contribution in [3.8, 4) is 5.75 Å². The molecule has 2 aliphatic rings. The summed E-state index contributed by atoms with van der Waals surface area (Å²) in [4.78, 5) is 4.97. The van der Waals surface area contributed by atoms with Crippen molar-refractivity contribution in [1.29, 1.82) is 0 Å². The maximum Gasteiger partial charge on any atom is 0.208 e. The van der Waals surface area contributed by atoms with Crippen molar-refractivity contribution < 1.29 is 13.2 Å². The molecule has 0 unspecified atom stereocenters. The Morgan fingerprint density at radius 2 is 1.93 bits per heavy atom. The Balaban J connectivity index is 1.59. The number of benzene rings is 2. The molecule has 4 rings (SSSR count). The highest BCUT2D eigenvalue weighted by Gasteiger charge is 2.45. The molecule has 0 spiro atoms. The van der Waals surface area contributed by atoms with Crippen LogP contribution in [0, 0.1) is 0 Å². The van der Waals surface area contributed by atoms with Gasteiger partial charge in [-0.3, -0.25) is 4.99 Å². The summed E-state index contributed by atoms with van der Waals surface area (Å²) in [7, 11) is -3.21. The molecule has 0 bridgehead atoms. The van der Waals surface area contributed by atoms with Crippen LogP contribution < -0.4 is 9.46 Å². The lowest BCUT2D eigenvalue weighted by molar-refractivity contribution is 0.322. The summed E-state index contributed by atoms with van der Waals surface area (Å²) in [5, 5.41) is 0.743. The van der Waals surface area contributed by atoms with E-state index in [4.69, 9.17) is 21.3 Å². The molecule has 2 aromatic rings. The van der Waals surface area contributed by atoms with E-state index in [0.717, 1.165) is 54.1 Å². The monoisotopic (exact) mass is 432 g/mol. The number of hydrogen-bond donors (Lipinski definition) is 1. The van der Waals surface area contributed by atoms with Gasteiger partial charge in [-0.25, -0.2) is 13.1 Å². The van der Waals surface area contributed by atoms with Gasteiger partial charge in [0.1, 0.15) is 12.4 Å². The Morgan fingerprint density at radius 1 is 1.17 bits per heavy atom. The number of ether oxygens (including phenoxy) is 1. The van der Waals surface area contributed by atoms with Crippen LogP contribution in [0.3, 0.4) is 0 Å². The number of rotatable bonds is 7. The first kappa shape index (κ1) is 20.4. The largest absolute Gasteiger partial charge is 0.492 e. The van der Waals surface area contributed by atoms with Crippen molar-refractivity contribution in [1.82, 2.24) is 4.72 Å². The Bertz CT molecular complexity index is 1030. The van der Waals surface area contributed by atoms with Gasteiger partial charge in [-0.05, 0) is 54.7 Å². The fourth-order valence-corrected chi connectivity index (χ4v) is 4.80. The zero-order valence-electron chi connectivity index (χ0n) is 16.4. The van der Waals surface area contributed by atoms with E-state index in [1.54, 1.807) is 0 Å². The number of nitrogens with one attached hydrogen (secondary N) is 1. The molecule has 0 aromatic heterocycles. The molecule has 1 aliphatic heterocycles. The van der Waals surface area contributed by atoms with Gasteiger partial charge < -0.3 is 4.74 Å². The minimum absolute atomic E-state index is 0.0593. The summed E-state index contributed by atoms with van der Waals surface area (Å²) in [6.07, 6.45) is 5.41. The maximum atomic E-state index is 11.2. The number of fused-ring (bicyclic) bond motifs is 1. The van der Waals surface area contributed by atoms with Crippen molar-refractivity contribution in [2.75, 3.05) is 26.0 Å². The average Bonchev–Trinajstić information content (AvgIpc) is 2.65. The van der Waals surface area contributed by atoms with Crippen LogP contribution in [0.5, 0.6) is 5.75 Å². The first-order valence-corrected chi connectivity index (χ1v) is 12.2. The third kappa shape index (κ3) is 4.34. The van der Waals surface area contributed by atoms with Crippen LogP contribution in [0.1, 0.15) is 36.0 Å². The van der Waals surface area contributed by atoms with E-state index in [2.05, 4.69) is 29.0 Å². The molecule has 154 valence electrons. The van der Waals surface area contributed by atoms with Crippen LogP contribution in [0.15, 0.2) is 47.5 Å².